The van der Waals surface area contributed by atoms with Crippen molar-refractivity contribution < 1.29 is 13.9 Å². The minimum atomic E-state index is -0.342. The number of rotatable bonds is 1. The van der Waals surface area contributed by atoms with Crippen LogP contribution in [0.5, 0.6) is 5.75 Å². The summed E-state index contributed by atoms with van der Waals surface area (Å²) in [5, 5.41) is 0. The molecule has 0 fully saturated rings. The van der Waals surface area contributed by atoms with Crippen molar-refractivity contribution in [2.24, 2.45) is 0 Å². The lowest BCUT2D eigenvalue weighted by atomic mass is 10.1. The van der Waals surface area contributed by atoms with Crippen molar-refractivity contribution in [2.45, 2.75) is 6.54 Å². The molecule has 3 rings (SSSR count). The van der Waals surface area contributed by atoms with Gasteiger partial charge in [-0.2, -0.15) is 0 Å². The fraction of sp³-hybridized carbons (Fsp3) is 0.188. The Bertz CT molecular complexity index is 625. The van der Waals surface area contributed by atoms with Gasteiger partial charge in [-0.15, -0.1) is 0 Å². The van der Waals surface area contributed by atoms with Crippen LogP contribution in [-0.2, 0) is 6.54 Å². The van der Waals surface area contributed by atoms with E-state index >= 15 is 0 Å². The van der Waals surface area contributed by atoms with Crippen LogP contribution in [0.25, 0.3) is 0 Å². The summed E-state index contributed by atoms with van der Waals surface area (Å²) in [4.78, 5) is 14.1. The summed E-state index contributed by atoms with van der Waals surface area (Å²) < 4.78 is 18.5. The quantitative estimate of drug-likeness (QED) is 0.798. The van der Waals surface area contributed by atoms with Gasteiger partial charge in [0.05, 0.1) is 6.54 Å². The molecule has 1 heterocycles. The molecule has 0 unspecified atom stereocenters. The predicted octanol–water partition coefficient (Wildman–Crippen LogP) is 2.86. The van der Waals surface area contributed by atoms with E-state index in [1.165, 1.54) is 24.3 Å². The van der Waals surface area contributed by atoms with Crippen LogP contribution in [0.2, 0.25) is 0 Å². The highest BCUT2D eigenvalue weighted by atomic mass is 19.1. The van der Waals surface area contributed by atoms with Crippen LogP contribution in [-0.4, -0.2) is 24.0 Å². The number of para-hydroxylation sites is 1. The second kappa shape index (κ2) is 5.33. The number of nitrogens with zero attached hydrogens (tertiary/aromatic N) is 1. The van der Waals surface area contributed by atoms with Crippen molar-refractivity contribution in [1.82, 2.24) is 4.90 Å². The topological polar surface area (TPSA) is 29.5 Å². The van der Waals surface area contributed by atoms with Gasteiger partial charge in [0.25, 0.3) is 5.91 Å². The summed E-state index contributed by atoms with van der Waals surface area (Å²) in [5.41, 5.74) is 1.48. The van der Waals surface area contributed by atoms with Crippen molar-refractivity contribution in [3.8, 4) is 5.75 Å². The smallest absolute Gasteiger partial charge is 0.254 e. The van der Waals surface area contributed by atoms with Crippen LogP contribution in [0, 0.1) is 5.82 Å². The third kappa shape index (κ3) is 2.50. The van der Waals surface area contributed by atoms with Gasteiger partial charge in [-0.25, -0.2) is 4.39 Å². The van der Waals surface area contributed by atoms with Gasteiger partial charge in [0.1, 0.15) is 18.2 Å². The van der Waals surface area contributed by atoms with Gasteiger partial charge < -0.3 is 9.64 Å². The Kier molecular flexibility index (Phi) is 3.37. The maximum atomic E-state index is 12.9. The molecule has 0 aromatic heterocycles. The molecule has 4 heteroatoms. The largest absolute Gasteiger partial charge is 0.491 e. The van der Waals surface area contributed by atoms with E-state index in [-0.39, 0.29) is 11.7 Å². The van der Waals surface area contributed by atoms with Gasteiger partial charge in [-0.3, -0.25) is 4.79 Å². The van der Waals surface area contributed by atoms with E-state index in [1.54, 1.807) is 4.90 Å². The lowest BCUT2D eigenvalue weighted by Gasteiger charge is -2.19. The van der Waals surface area contributed by atoms with Crippen molar-refractivity contribution in [1.29, 1.82) is 0 Å². The second-order valence-corrected chi connectivity index (χ2v) is 4.69. The number of carbonyl (C=O) groups excluding carboxylic acids is 1. The molecule has 0 aliphatic carbocycles. The number of hydrogen-bond donors (Lipinski definition) is 0. The molecule has 2 aromatic carbocycles. The van der Waals surface area contributed by atoms with Crippen LogP contribution in [0.3, 0.4) is 0 Å². The zero-order valence-corrected chi connectivity index (χ0v) is 10.9. The lowest BCUT2D eigenvalue weighted by Crippen LogP contribution is -2.32. The molecule has 2 aromatic rings. The van der Waals surface area contributed by atoms with Gasteiger partial charge in [0.15, 0.2) is 0 Å². The van der Waals surface area contributed by atoms with Crippen LogP contribution >= 0.6 is 0 Å². The zero-order valence-electron chi connectivity index (χ0n) is 10.9. The molecule has 0 atom stereocenters. The number of amides is 1. The minimum absolute atomic E-state index is 0.106. The molecule has 1 aliphatic heterocycles. The van der Waals surface area contributed by atoms with Crippen LogP contribution < -0.4 is 4.74 Å². The predicted molar refractivity (Wildman–Crippen MR) is 73.1 cm³/mol. The highest BCUT2D eigenvalue weighted by molar-refractivity contribution is 5.94. The third-order valence-corrected chi connectivity index (χ3v) is 3.33. The van der Waals surface area contributed by atoms with E-state index in [0.29, 0.717) is 25.3 Å². The summed E-state index contributed by atoms with van der Waals surface area (Å²) in [6, 6.07) is 13.3. The monoisotopic (exact) mass is 271 g/mol. The highest BCUT2D eigenvalue weighted by Gasteiger charge is 2.20. The number of fused-ring (bicyclic) bond motifs is 1. The van der Waals surface area contributed by atoms with E-state index < -0.39 is 0 Å². The SMILES string of the molecule is O=C(c1ccc(F)cc1)N1CCOc2ccccc2C1. The Morgan fingerprint density at radius 3 is 2.65 bits per heavy atom. The molecule has 20 heavy (non-hydrogen) atoms. The molecule has 0 spiro atoms. The summed E-state index contributed by atoms with van der Waals surface area (Å²) in [7, 11) is 0. The maximum absolute atomic E-state index is 12.9. The fourth-order valence-electron chi connectivity index (χ4n) is 2.27. The van der Waals surface area contributed by atoms with Crippen molar-refractivity contribution in [3.05, 3.63) is 65.5 Å². The summed E-state index contributed by atoms with van der Waals surface area (Å²) in [6.45, 7) is 1.49. The van der Waals surface area contributed by atoms with Crippen molar-refractivity contribution >= 4 is 5.91 Å². The molecular formula is C16H14FNO2. The second-order valence-electron chi connectivity index (χ2n) is 4.69. The first kappa shape index (κ1) is 12.7. The van der Waals surface area contributed by atoms with Gasteiger partial charge in [-0.05, 0) is 30.3 Å². The van der Waals surface area contributed by atoms with Gasteiger partial charge in [-0.1, -0.05) is 18.2 Å². The first-order chi connectivity index (χ1) is 9.74. The molecule has 102 valence electrons. The molecule has 0 saturated heterocycles. The average molecular weight is 271 g/mol. The Morgan fingerprint density at radius 2 is 1.85 bits per heavy atom. The molecule has 1 aliphatic rings. The summed E-state index contributed by atoms with van der Waals surface area (Å²) in [5.74, 6) is 0.373. The minimum Gasteiger partial charge on any atom is -0.491 e. The van der Waals surface area contributed by atoms with Crippen molar-refractivity contribution in [2.75, 3.05) is 13.2 Å². The molecular weight excluding hydrogens is 257 g/mol. The van der Waals surface area contributed by atoms with Crippen LogP contribution in [0.15, 0.2) is 48.5 Å². The number of ether oxygens (including phenoxy) is 1. The Hall–Kier alpha value is -2.36. The van der Waals surface area contributed by atoms with Crippen molar-refractivity contribution in [3.63, 3.8) is 0 Å². The molecule has 0 radical (unpaired) electrons. The first-order valence-corrected chi connectivity index (χ1v) is 6.49. The van der Waals surface area contributed by atoms with Crippen LogP contribution in [0.4, 0.5) is 4.39 Å². The zero-order chi connectivity index (χ0) is 13.9. The standard InChI is InChI=1S/C16H14FNO2/c17-14-7-5-12(6-8-14)16(19)18-9-10-20-15-4-2-1-3-13(15)11-18/h1-8H,9-11H2. The van der Waals surface area contributed by atoms with E-state index in [4.69, 9.17) is 4.74 Å². The molecule has 1 amide bonds. The number of benzene rings is 2. The van der Waals surface area contributed by atoms with Gasteiger partial charge >= 0.3 is 0 Å². The van der Waals surface area contributed by atoms with E-state index in [0.717, 1.165) is 11.3 Å². The normalized spacial score (nSPS) is 14.2. The highest BCUT2D eigenvalue weighted by Crippen LogP contribution is 2.23. The number of carbonyl (C=O) groups is 1. The Labute approximate surface area is 116 Å². The van der Waals surface area contributed by atoms with Crippen LogP contribution in [0.1, 0.15) is 15.9 Å². The molecule has 3 nitrogen and oxygen atoms in total. The van der Waals surface area contributed by atoms with E-state index in [1.807, 2.05) is 24.3 Å². The summed E-state index contributed by atoms with van der Waals surface area (Å²) >= 11 is 0. The molecule has 0 bridgehead atoms. The Balaban J connectivity index is 1.84. The number of hydrogen-bond acceptors (Lipinski definition) is 2. The van der Waals surface area contributed by atoms with E-state index in [2.05, 4.69) is 0 Å². The first-order valence-electron chi connectivity index (χ1n) is 6.49. The molecule has 0 N–H and O–H groups in total. The van der Waals surface area contributed by atoms with E-state index in [9.17, 15) is 9.18 Å². The fourth-order valence-corrected chi connectivity index (χ4v) is 2.27. The van der Waals surface area contributed by atoms with Gasteiger partial charge in [0.2, 0.25) is 0 Å². The summed E-state index contributed by atoms with van der Waals surface area (Å²) in [6.07, 6.45) is 0. The molecule has 0 saturated carbocycles. The van der Waals surface area contributed by atoms with Gasteiger partial charge in [0, 0.05) is 17.7 Å². The lowest BCUT2D eigenvalue weighted by molar-refractivity contribution is 0.0733. The third-order valence-electron chi connectivity index (χ3n) is 3.33. The Morgan fingerprint density at radius 1 is 1.10 bits per heavy atom. The maximum Gasteiger partial charge on any atom is 0.254 e. The number of halogens is 1. The average Bonchev–Trinajstić information content (AvgIpc) is 2.69.